The third kappa shape index (κ3) is 3.61. The molecule has 104 valence electrons. The van der Waals surface area contributed by atoms with Gasteiger partial charge in [-0.1, -0.05) is 26.2 Å². The highest BCUT2D eigenvalue weighted by Gasteiger charge is 2.21. The van der Waals surface area contributed by atoms with Crippen LogP contribution in [0.3, 0.4) is 0 Å². The summed E-state index contributed by atoms with van der Waals surface area (Å²) in [6.07, 6.45) is 10.2. The van der Waals surface area contributed by atoms with Crippen LogP contribution in [0.15, 0.2) is 12.3 Å². The molecule has 1 atom stereocenters. The van der Waals surface area contributed by atoms with Gasteiger partial charge in [-0.25, -0.2) is 0 Å². The van der Waals surface area contributed by atoms with Crippen LogP contribution in [0.2, 0.25) is 0 Å². The second kappa shape index (κ2) is 6.77. The Hall–Kier alpha value is -1.27. The maximum Gasteiger partial charge on any atom is 0.120 e. The van der Waals surface area contributed by atoms with Gasteiger partial charge in [0, 0.05) is 25.8 Å². The fraction of sp³-hybridized carbons (Fsp3) is 0.688. The molecule has 1 fully saturated rings. The molecule has 0 saturated heterocycles. The summed E-state index contributed by atoms with van der Waals surface area (Å²) >= 11 is 0. The summed E-state index contributed by atoms with van der Waals surface area (Å²) in [7, 11) is 1.93. The number of aryl methyl sites for hydroxylation is 1. The molecule has 0 spiro atoms. The Balaban J connectivity index is 1.90. The molecule has 1 N–H and O–H groups in total. The minimum absolute atomic E-state index is 0.631. The van der Waals surface area contributed by atoms with Crippen LogP contribution in [0.1, 0.15) is 56.7 Å². The van der Waals surface area contributed by atoms with Gasteiger partial charge in [0.05, 0.1) is 0 Å². The Bertz CT molecular complexity index is 435. The first-order valence-electron chi connectivity index (χ1n) is 7.53. The molecule has 2 rings (SSSR count). The van der Waals surface area contributed by atoms with Crippen LogP contribution in [0, 0.1) is 17.2 Å². The molecule has 0 amide bonds. The molecule has 1 saturated carbocycles. The molecule has 3 nitrogen and oxygen atoms in total. The zero-order valence-corrected chi connectivity index (χ0v) is 12.2. The summed E-state index contributed by atoms with van der Waals surface area (Å²) in [5.74, 6) is 0.845. The van der Waals surface area contributed by atoms with E-state index >= 15 is 0 Å². The van der Waals surface area contributed by atoms with Crippen molar-refractivity contribution in [2.45, 2.75) is 58.0 Å². The Kier molecular flexibility index (Phi) is 5.04. The summed E-state index contributed by atoms with van der Waals surface area (Å²) in [6, 6.07) is 4.83. The fourth-order valence-electron chi connectivity index (χ4n) is 3.27. The number of hydrogen-bond donors (Lipinski definition) is 1. The van der Waals surface area contributed by atoms with E-state index in [1.54, 1.807) is 0 Å². The molecule has 1 aliphatic carbocycles. The van der Waals surface area contributed by atoms with Gasteiger partial charge in [-0.15, -0.1) is 0 Å². The molecule has 19 heavy (non-hydrogen) atoms. The molecule has 0 bridgehead atoms. The predicted molar refractivity (Wildman–Crippen MR) is 77.6 cm³/mol. The zero-order chi connectivity index (χ0) is 13.7. The van der Waals surface area contributed by atoms with Gasteiger partial charge in [0.15, 0.2) is 0 Å². The summed E-state index contributed by atoms with van der Waals surface area (Å²) in [6.45, 7) is 3.16. The lowest BCUT2D eigenvalue weighted by Crippen LogP contribution is -2.36. The Morgan fingerprint density at radius 2 is 2.16 bits per heavy atom. The fourth-order valence-corrected chi connectivity index (χ4v) is 3.27. The van der Waals surface area contributed by atoms with Gasteiger partial charge in [0.1, 0.15) is 11.8 Å². The molecular weight excluding hydrogens is 234 g/mol. The van der Waals surface area contributed by atoms with E-state index in [1.165, 1.54) is 44.1 Å². The van der Waals surface area contributed by atoms with Crippen LogP contribution in [0.4, 0.5) is 0 Å². The summed E-state index contributed by atoms with van der Waals surface area (Å²) in [5.41, 5.74) is 1.95. The number of aromatic nitrogens is 1. The van der Waals surface area contributed by atoms with Gasteiger partial charge < -0.3 is 9.88 Å². The highest BCUT2D eigenvalue weighted by atomic mass is 15.0. The summed E-state index contributed by atoms with van der Waals surface area (Å²) < 4.78 is 1.90. The standard InChI is InChI=1S/C16H25N3/c1-3-16(14-7-5-4-6-8-14)18-11-13-9-15(10-17)19(2)12-13/h9,12,14,16,18H,3-8,11H2,1-2H3. The van der Waals surface area contributed by atoms with Gasteiger partial charge in [-0.05, 0) is 36.8 Å². The third-order valence-corrected chi connectivity index (χ3v) is 4.40. The van der Waals surface area contributed by atoms with Crippen molar-refractivity contribution < 1.29 is 0 Å². The van der Waals surface area contributed by atoms with E-state index in [0.29, 0.717) is 6.04 Å². The van der Waals surface area contributed by atoms with E-state index in [-0.39, 0.29) is 0 Å². The van der Waals surface area contributed by atoms with Crippen molar-refractivity contribution in [3.63, 3.8) is 0 Å². The minimum Gasteiger partial charge on any atom is -0.342 e. The molecule has 1 aromatic rings. The summed E-state index contributed by atoms with van der Waals surface area (Å²) in [4.78, 5) is 0. The molecular formula is C16H25N3. The van der Waals surface area contributed by atoms with E-state index in [9.17, 15) is 0 Å². The second-order valence-electron chi connectivity index (χ2n) is 5.75. The van der Waals surface area contributed by atoms with Crippen LogP contribution in [0.5, 0.6) is 0 Å². The van der Waals surface area contributed by atoms with Crippen LogP contribution in [-0.2, 0) is 13.6 Å². The maximum absolute atomic E-state index is 8.97. The molecule has 1 aliphatic rings. The predicted octanol–water partition coefficient (Wildman–Crippen LogP) is 3.35. The first-order chi connectivity index (χ1) is 9.24. The summed E-state index contributed by atoms with van der Waals surface area (Å²) in [5, 5.41) is 12.7. The highest BCUT2D eigenvalue weighted by molar-refractivity contribution is 5.28. The van der Waals surface area contributed by atoms with E-state index in [2.05, 4.69) is 24.5 Å². The Morgan fingerprint density at radius 1 is 1.42 bits per heavy atom. The van der Waals surface area contributed by atoms with Crippen molar-refractivity contribution in [2.75, 3.05) is 0 Å². The Labute approximate surface area is 116 Å². The topological polar surface area (TPSA) is 40.8 Å². The number of nitrogens with zero attached hydrogens (tertiary/aromatic N) is 2. The van der Waals surface area contributed by atoms with Crippen molar-refractivity contribution in [1.29, 1.82) is 5.26 Å². The van der Waals surface area contributed by atoms with E-state index in [4.69, 9.17) is 5.26 Å². The second-order valence-corrected chi connectivity index (χ2v) is 5.75. The van der Waals surface area contributed by atoms with Gasteiger partial charge in [0.2, 0.25) is 0 Å². The molecule has 1 aromatic heterocycles. The van der Waals surface area contributed by atoms with E-state index in [1.807, 2.05) is 17.7 Å². The number of hydrogen-bond acceptors (Lipinski definition) is 2. The largest absolute Gasteiger partial charge is 0.342 e. The number of rotatable bonds is 5. The first kappa shape index (κ1) is 14.1. The molecule has 0 radical (unpaired) electrons. The normalized spacial score (nSPS) is 18.2. The van der Waals surface area contributed by atoms with Crippen molar-refractivity contribution in [1.82, 2.24) is 9.88 Å². The molecule has 0 aromatic carbocycles. The molecule has 1 unspecified atom stereocenters. The SMILES string of the molecule is CCC(NCc1cc(C#N)n(C)c1)C1CCCCC1. The lowest BCUT2D eigenvalue weighted by atomic mass is 9.83. The van der Waals surface area contributed by atoms with Crippen molar-refractivity contribution >= 4 is 0 Å². The van der Waals surface area contributed by atoms with E-state index in [0.717, 1.165) is 18.2 Å². The minimum atomic E-state index is 0.631. The molecule has 3 heteroatoms. The smallest absolute Gasteiger partial charge is 0.120 e. The first-order valence-corrected chi connectivity index (χ1v) is 7.53. The van der Waals surface area contributed by atoms with Crippen LogP contribution in [0.25, 0.3) is 0 Å². The Morgan fingerprint density at radius 3 is 2.74 bits per heavy atom. The zero-order valence-electron chi connectivity index (χ0n) is 12.2. The van der Waals surface area contributed by atoms with E-state index < -0.39 is 0 Å². The van der Waals surface area contributed by atoms with Crippen LogP contribution >= 0.6 is 0 Å². The van der Waals surface area contributed by atoms with Gasteiger partial charge >= 0.3 is 0 Å². The van der Waals surface area contributed by atoms with Crippen molar-refractivity contribution in [3.05, 3.63) is 23.5 Å². The monoisotopic (exact) mass is 259 g/mol. The van der Waals surface area contributed by atoms with Crippen LogP contribution < -0.4 is 5.32 Å². The highest BCUT2D eigenvalue weighted by Crippen LogP contribution is 2.27. The van der Waals surface area contributed by atoms with Gasteiger partial charge in [-0.2, -0.15) is 5.26 Å². The average molecular weight is 259 g/mol. The average Bonchev–Trinajstić information content (AvgIpc) is 2.81. The quantitative estimate of drug-likeness (QED) is 0.881. The van der Waals surface area contributed by atoms with Crippen LogP contribution in [-0.4, -0.2) is 10.6 Å². The number of nitrogens with one attached hydrogen (secondary N) is 1. The lowest BCUT2D eigenvalue weighted by molar-refractivity contribution is 0.262. The lowest BCUT2D eigenvalue weighted by Gasteiger charge is -2.30. The molecule has 1 heterocycles. The number of nitriles is 1. The van der Waals surface area contributed by atoms with Gasteiger partial charge in [0.25, 0.3) is 0 Å². The van der Waals surface area contributed by atoms with Crippen molar-refractivity contribution in [2.24, 2.45) is 13.0 Å². The molecule has 0 aliphatic heterocycles. The maximum atomic E-state index is 8.97. The third-order valence-electron chi connectivity index (χ3n) is 4.40. The van der Waals surface area contributed by atoms with Crippen molar-refractivity contribution in [3.8, 4) is 6.07 Å². The van der Waals surface area contributed by atoms with Gasteiger partial charge in [-0.3, -0.25) is 0 Å².